The van der Waals surface area contributed by atoms with Crippen LogP contribution in [-0.4, -0.2) is 62.7 Å². The summed E-state index contributed by atoms with van der Waals surface area (Å²) in [7, 11) is 3.98. The van der Waals surface area contributed by atoms with Crippen LogP contribution in [0.25, 0.3) is 0 Å². The fourth-order valence-electron chi connectivity index (χ4n) is 3.45. The zero-order chi connectivity index (χ0) is 20.6. The highest BCUT2D eigenvalue weighted by Crippen LogP contribution is 2.16. The molecule has 7 heteroatoms. The minimum atomic E-state index is 0. The SMILES string of the molecule is CN=C(NCc1ccnc(N2CCN(C)CC2)c1)NCC(C)c1ccc(C)cc1.I. The summed E-state index contributed by atoms with van der Waals surface area (Å²) in [4.78, 5) is 13.7. The van der Waals surface area contributed by atoms with Crippen molar-refractivity contribution in [3.63, 3.8) is 0 Å². The summed E-state index contributed by atoms with van der Waals surface area (Å²) in [6.07, 6.45) is 1.90. The number of aryl methyl sites for hydroxylation is 1. The summed E-state index contributed by atoms with van der Waals surface area (Å²) in [5.41, 5.74) is 3.84. The number of hydrogen-bond acceptors (Lipinski definition) is 4. The number of hydrogen-bond donors (Lipinski definition) is 2. The van der Waals surface area contributed by atoms with Crippen molar-refractivity contribution in [1.82, 2.24) is 20.5 Å². The van der Waals surface area contributed by atoms with Gasteiger partial charge in [0.2, 0.25) is 0 Å². The molecule has 3 rings (SSSR count). The minimum Gasteiger partial charge on any atom is -0.356 e. The Labute approximate surface area is 198 Å². The number of benzene rings is 1. The third kappa shape index (κ3) is 7.12. The van der Waals surface area contributed by atoms with Crippen LogP contribution in [0.3, 0.4) is 0 Å². The smallest absolute Gasteiger partial charge is 0.191 e. The number of pyridine rings is 1. The second kappa shape index (κ2) is 12.1. The van der Waals surface area contributed by atoms with Crippen LogP contribution in [0.4, 0.5) is 5.82 Å². The van der Waals surface area contributed by atoms with E-state index in [1.165, 1.54) is 16.7 Å². The molecule has 164 valence electrons. The van der Waals surface area contributed by atoms with Crippen molar-refractivity contribution >= 4 is 35.8 Å². The van der Waals surface area contributed by atoms with Crippen LogP contribution >= 0.6 is 24.0 Å². The summed E-state index contributed by atoms with van der Waals surface area (Å²) in [6, 6.07) is 13.0. The van der Waals surface area contributed by atoms with Gasteiger partial charge in [-0.15, -0.1) is 24.0 Å². The Balaban J connectivity index is 0.00000320. The monoisotopic (exact) mass is 522 g/mol. The molecule has 0 radical (unpaired) electrons. The molecule has 1 unspecified atom stereocenters. The molecule has 0 spiro atoms. The van der Waals surface area contributed by atoms with E-state index < -0.39 is 0 Å². The molecule has 1 saturated heterocycles. The van der Waals surface area contributed by atoms with Gasteiger partial charge in [0.15, 0.2) is 5.96 Å². The highest BCUT2D eigenvalue weighted by molar-refractivity contribution is 14.0. The van der Waals surface area contributed by atoms with E-state index in [0.29, 0.717) is 5.92 Å². The Morgan fingerprint density at radius 2 is 1.80 bits per heavy atom. The lowest BCUT2D eigenvalue weighted by molar-refractivity contribution is 0.312. The Kier molecular flexibility index (Phi) is 9.84. The van der Waals surface area contributed by atoms with E-state index in [2.05, 4.69) is 87.7 Å². The molecule has 1 aromatic carbocycles. The van der Waals surface area contributed by atoms with Crippen LogP contribution in [0, 0.1) is 6.92 Å². The Bertz CT molecular complexity index is 800. The number of piperazine rings is 1. The van der Waals surface area contributed by atoms with Crippen molar-refractivity contribution in [2.45, 2.75) is 26.3 Å². The lowest BCUT2D eigenvalue weighted by atomic mass is 10.0. The molecule has 2 N–H and O–H groups in total. The molecule has 0 saturated carbocycles. The number of anilines is 1. The van der Waals surface area contributed by atoms with Crippen molar-refractivity contribution < 1.29 is 0 Å². The molecule has 1 fully saturated rings. The van der Waals surface area contributed by atoms with Gasteiger partial charge in [-0.3, -0.25) is 4.99 Å². The van der Waals surface area contributed by atoms with Crippen LogP contribution in [0.15, 0.2) is 47.6 Å². The fraction of sp³-hybridized carbons (Fsp3) is 0.478. The normalized spacial score (nSPS) is 16.0. The van der Waals surface area contributed by atoms with Gasteiger partial charge < -0.3 is 20.4 Å². The summed E-state index contributed by atoms with van der Waals surface area (Å²) in [5, 5.41) is 6.87. The topological polar surface area (TPSA) is 55.8 Å². The van der Waals surface area contributed by atoms with Gasteiger partial charge in [0.1, 0.15) is 5.82 Å². The molecule has 0 amide bonds. The number of aromatic nitrogens is 1. The fourth-order valence-corrected chi connectivity index (χ4v) is 3.45. The number of rotatable bonds is 6. The lowest BCUT2D eigenvalue weighted by Crippen LogP contribution is -2.44. The third-order valence-corrected chi connectivity index (χ3v) is 5.54. The zero-order valence-electron chi connectivity index (χ0n) is 18.6. The molecule has 6 nitrogen and oxygen atoms in total. The van der Waals surface area contributed by atoms with E-state index in [9.17, 15) is 0 Å². The summed E-state index contributed by atoms with van der Waals surface area (Å²) < 4.78 is 0. The molecular weight excluding hydrogens is 487 g/mol. The summed E-state index contributed by atoms with van der Waals surface area (Å²) in [5.74, 6) is 2.30. The average molecular weight is 522 g/mol. The molecule has 1 atom stereocenters. The van der Waals surface area contributed by atoms with Gasteiger partial charge in [-0.1, -0.05) is 36.8 Å². The van der Waals surface area contributed by atoms with Crippen molar-refractivity contribution in [3.05, 3.63) is 59.3 Å². The maximum absolute atomic E-state index is 4.57. The van der Waals surface area contributed by atoms with E-state index in [1.807, 2.05) is 13.2 Å². The lowest BCUT2D eigenvalue weighted by Gasteiger charge is -2.33. The third-order valence-electron chi connectivity index (χ3n) is 5.54. The van der Waals surface area contributed by atoms with E-state index in [1.54, 1.807) is 0 Å². The Morgan fingerprint density at radius 1 is 1.10 bits per heavy atom. The van der Waals surface area contributed by atoms with Crippen LogP contribution in [0.5, 0.6) is 0 Å². The van der Waals surface area contributed by atoms with Gasteiger partial charge in [-0.25, -0.2) is 4.98 Å². The summed E-state index contributed by atoms with van der Waals surface area (Å²) >= 11 is 0. The van der Waals surface area contributed by atoms with E-state index in [0.717, 1.165) is 51.0 Å². The summed E-state index contributed by atoms with van der Waals surface area (Å²) in [6.45, 7) is 10.1. The molecule has 1 aromatic heterocycles. The Hall–Kier alpha value is -1.87. The van der Waals surface area contributed by atoms with E-state index >= 15 is 0 Å². The predicted octanol–water partition coefficient (Wildman–Crippen LogP) is 3.23. The van der Waals surface area contributed by atoms with Gasteiger partial charge in [-0.05, 0) is 43.1 Å². The Morgan fingerprint density at radius 3 is 2.47 bits per heavy atom. The van der Waals surface area contributed by atoms with Crippen molar-refractivity contribution in [2.75, 3.05) is 51.7 Å². The number of nitrogens with zero attached hydrogens (tertiary/aromatic N) is 4. The van der Waals surface area contributed by atoms with Crippen molar-refractivity contribution in [2.24, 2.45) is 4.99 Å². The van der Waals surface area contributed by atoms with E-state index in [-0.39, 0.29) is 24.0 Å². The first-order chi connectivity index (χ1) is 14.0. The molecular formula is C23H35IN6. The zero-order valence-corrected chi connectivity index (χ0v) is 20.9. The maximum Gasteiger partial charge on any atom is 0.191 e. The molecule has 30 heavy (non-hydrogen) atoms. The van der Waals surface area contributed by atoms with Crippen LogP contribution in [0.1, 0.15) is 29.5 Å². The number of aliphatic imine (C=N–C) groups is 1. The van der Waals surface area contributed by atoms with Gasteiger partial charge >= 0.3 is 0 Å². The van der Waals surface area contributed by atoms with Gasteiger partial charge in [0.05, 0.1) is 0 Å². The number of nitrogens with one attached hydrogen (secondary N) is 2. The average Bonchev–Trinajstić information content (AvgIpc) is 2.75. The second-order valence-corrected chi connectivity index (χ2v) is 7.93. The first-order valence-corrected chi connectivity index (χ1v) is 10.4. The first-order valence-electron chi connectivity index (χ1n) is 10.4. The molecule has 0 bridgehead atoms. The van der Waals surface area contributed by atoms with Gasteiger partial charge in [-0.2, -0.15) is 0 Å². The van der Waals surface area contributed by atoms with Gasteiger partial charge in [0, 0.05) is 52.5 Å². The quantitative estimate of drug-likeness (QED) is 0.347. The molecule has 2 aromatic rings. The number of guanidine groups is 1. The molecule has 2 heterocycles. The molecule has 1 aliphatic heterocycles. The first kappa shape index (κ1) is 24.4. The highest BCUT2D eigenvalue weighted by atomic mass is 127. The predicted molar refractivity (Wildman–Crippen MR) is 137 cm³/mol. The second-order valence-electron chi connectivity index (χ2n) is 7.93. The standard InChI is InChI=1S/C23H34N6.HI/c1-18-5-7-21(8-6-18)19(2)16-26-23(24-3)27-17-20-9-10-25-22(15-20)29-13-11-28(4)12-14-29;/h5-10,15,19H,11-14,16-17H2,1-4H3,(H2,24,26,27);1H. The van der Waals surface area contributed by atoms with E-state index in [4.69, 9.17) is 0 Å². The largest absolute Gasteiger partial charge is 0.356 e. The maximum atomic E-state index is 4.57. The minimum absolute atomic E-state index is 0. The van der Waals surface area contributed by atoms with Crippen LogP contribution in [-0.2, 0) is 6.54 Å². The number of halogens is 1. The van der Waals surface area contributed by atoms with Crippen molar-refractivity contribution in [1.29, 1.82) is 0 Å². The van der Waals surface area contributed by atoms with Crippen LogP contribution in [0.2, 0.25) is 0 Å². The van der Waals surface area contributed by atoms with Gasteiger partial charge in [0.25, 0.3) is 0 Å². The van der Waals surface area contributed by atoms with Crippen LogP contribution < -0.4 is 15.5 Å². The number of likely N-dealkylation sites (N-methyl/N-ethyl adjacent to an activating group) is 1. The molecule has 1 aliphatic rings. The molecule has 0 aliphatic carbocycles. The highest BCUT2D eigenvalue weighted by Gasteiger charge is 2.15. The van der Waals surface area contributed by atoms with Crippen molar-refractivity contribution in [3.8, 4) is 0 Å².